The van der Waals surface area contributed by atoms with Crippen LogP contribution in [-0.2, 0) is 11.3 Å². The van der Waals surface area contributed by atoms with Crippen LogP contribution in [0.1, 0.15) is 12.0 Å². The number of hydrogen-bond donors (Lipinski definition) is 1. The van der Waals surface area contributed by atoms with Crippen molar-refractivity contribution in [3.8, 4) is 11.8 Å². The van der Waals surface area contributed by atoms with E-state index < -0.39 is 0 Å². The average Bonchev–Trinajstić information content (AvgIpc) is 2.76. The third kappa shape index (κ3) is 4.30. The zero-order valence-corrected chi connectivity index (χ0v) is 16.1. The Balaban J connectivity index is 1.39. The molecule has 9 nitrogen and oxygen atoms in total. The Kier molecular flexibility index (Phi) is 5.42. The van der Waals surface area contributed by atoms with Crippen molar-refractivity contribution in [2.75, 3.05) is 5.32 Å². The van der Waals surface area contributed by atoms with Gasteiger partial charge in [-0.05, 0) is 48.9 Å². The van der Waals surface area contributed by atoms with Gasteiger partial charge in [0.25, 0.3) is 5.56 Å². The van der Waals surface area contributed by atoms with E-state index in [1.807, 2.05) is 6.92 Å². The molecule has 0 saturated heterocycles. The molecule has 0 aliphatic heterocycles. The number of rotatable bonds is 6. The largest absolute Gasteiger partial charge is 0.424 e. The van der Waals surface area contributed by atoms with Gasteiger partial charge in [0.2, 0.25) is 5.91 Å². The van der Waals surface area contributed by atoms with Gasteiger partial charge in [0, 0.05) is 24.5 Å². The number of anilines is 1. The van der Waals surface area contributed by atoms with Gasteiger partial charge < -0.3 is 10.1 Å². The molecule has 9 heteroatoms. The summed E-state index contributed by atoms with van der Waals surface area (Å²) in [5, 5.41) is 11.2. The van der Waals surface area contributed by atoms with Crippen molar-refractivity contribution in [3.05, 3.63) is 76.8 Å². The molecule has 0 spiro atoms. The van der Waals surface area contributed by atoms with E-state index in [2.05, 4.69) is 25.6 Å². The van der Waals surface area contributed by atoms with Crippen LogP contribution in [-0.4, -0.2) is 30.9 Å². The standard InChI is InChI=1S/C21H18N6O3/c1-14-13-15(30-21-22-10-4-11-23-21)7-8-17(14)24-19(28)9-12-27-20(29)16-5-2-3-6-18(16)25-26-27/h2-8,10-11,13H,9,12H2,1H3,(H,24,28). The number of ether oxygens (including phenoxy) is 1. The zero-order valence-electron chi connectivity index (χ0n) is 16.1. The molecule has 1 N–H and O–H groups in total. The lowest BCUT2D eigenvalue weighted by molar-refractivity contribution is -0.116. The number of carbonyl (C=O) groups excluding carboxylic acids is 1. The van der Waals surface area contributed by atoms with Gasteiger partial charge in [0.15, 0.2) is 0 Å². The smallest absolute Gasteiger partial charge is 0.321 e. The Morgan fingerprint density at radius 1 is 1.10 bits per heavy atom. The second kappa shape index (κ2) is 8.48. The first-order chi connectivity index (χ1) is 14.6. The molecule has 0 atom stereocenters. The number of nitrogens with zero attached hydrogens (tertiary/aromatic N) is 5. The number of hydrogen-bond acceptors (Lipinski definition) is 7. The first-order valence-corrected chi connectivity index (χ1v) is 9.28. The van der Waals surface area contributed by atoms with Gasteiger partial charge in [0.05, 0.1) is 11.9 Å². The highest BCUT2D eigenvalue weighted by Crippen LogP contribution is 2.24. The second-order valence-corrected chi connectivity index (χ2v) is 6.54. The topological polar surface area (TPSA) is 112 Å². The number of nitrogens with one attached hydrogen (secondary N) is 1. The fraction of sp³-hybridized carbons (Fsp3) is 0.143. The monoisotopic (exact) mass is 402 g/mol. The van der Waals surface area contributed by atoms with Crippen LogP contribution in [0.25, 0.3) is 10.9 Å². The van der Waals surface area contributed by atoms with Crippen molar-refractivity contribution in [2.24, 2.45) is 0 Å². The maximum atomic E-state index is 12.4. The van der Waals surface area contributed by atoms with Crippen LogP contribution in [0, 0.1) is 6.92 Å². The lowest BCUT2D eigenvalue weighted by Crippen LogP contribution is -2.26. The minimum Gasteiger partial charge on any atom is -0.424 e. The molecule has 2 aromatic heterocycles. The average molecular weight is 402 g/mol. The molecular weight excluding hydrogens is 384 g/mol. The van der Waals surface area contributed by atoms with Gasteiger partial charge in [-0.25, -0.2) is 14.6 Å². The van der Waals surface area contributed by atoms with Crippen LogP contribution in [0.2, 0.25) is 0 Å². The van der Waals surface area contributed by atoms with Crippen molar-refractivity contribution in [1.29, 1.82) is 0 Å². The van der Waals surface area contributed by atoms with Gasteiger partial charge >= 0.3 is 6.01 Å². The van der Waals surface area contributed by atoms with E-state index in [0.717, 1.165) is 5.56 Å². The van der Waals surface area contributed by atoms with E-state index in [4.69, 9.17) is 4.74 Å². The summed E-state index contributed by atoms with van der Waals surface area (Å²) >= 11 is 0. The molecule has 1 amide bonds. The maximum absolute atomic E-state index is 12.4. The Hall–Kier alpha value is -4.14. The Morgan fingerprint density at radius 3 is 2.70 bits per heavy atom. The molecule has 0 radical (unpaired) electrons. The van der Waals surface area contributed by atoms with Crippen LogP contribution in [0.5, 0.6) is 11.8 Å². The highest BCUT2D eigenvalue weighted by Gasteiger charge is 2.10. The van der Waals surface area contributed by atoms with Crippen molar-refractivity contribution in [2.45, 2.75) is 19.9 Å². The van der Waals surface area contributed by atoms with Crippen LogP contribution < -0.4 is 15.6 Å². The minimum absolute atomic E-state index is 0.0858. The molecule has 30 heavy (non-hydrogen) atoms. The van der Waals surface area contributed by atoms with Crippen molar-refractivity contribution in [1.82, 2.24) is 25.0 Å². The fourth-order valence-corrected chi connectivity index (χ4v) is 2.87. The van der Waals surface area contributed by atoms with Crippen LogP contribution in [0.4, 0.5) is 5.69 Å². The lowest BCUT2D eigenvalue weighted by Gasteiger charge is -2.11. The summed E-state index contributed by atoms with van der Waals surface area (Å²) in [6, 6.07) is 14.2. The predicted molar refractivity (Wildman–Crippen MR) is 110 cm³/mol. The number of aryl methyl sites for hydroxylation is 2. The van der Waals surface area contributed by atoms with E-state index in [-0.39, 0.29) is 30.4 Å². The first kappa shape index (κ1) is 19.2. The SMILES string of the molecule is Cc1cc(Oc2ncccn2)ccc1NC(=O)CCn1nnc2ccccc2c1=O. The summed E-state index contributed by atoms with van der Waals surface area (Å²) in [4.78, 5) is 32.8. The summed E-state index contributed by atoms with van der Waals surface area (Å²) in [7, 11) is 0. The number of fused-ring (bicyclic) bond motifs is 1. The second-order valence-electron chi connectivity index (χ2n) is 6.54. The summed E-state index contributed by atoms with van der Waals surface area (Å²) in [6.45, 7) is 1.99. The van der Waals surface area contributed by atoms with Crippen LogP contribution in [0.15, 0.2) is 65.7 Å². The molecule has 0 bridgehead atoms. The summed E-state index contributed by atoms with van der Waals surface area (Å²) in [6.07, 6.45) is 3.27. The quantitative estimate of drug-likeness (QED) is 0.528. The van der Waals surface area contributed by atoms with E-state index in [9.17, 15) is 9.59 Å². The Morgan fingerprint density at radius 2 is 1.90 bits per heavy atom. The highest BCUT2D eigenvalue weighted by atomic mass is 16.5. The molecule has 150 valence electrons. The first-order valence-electron chi connectivity index (χ1n) is 9.28. The molecule has 0 aliphatic carbocycles. The van der Waals surface area contributed by atoms with Crippen LogP contribution >= 0.6 is 0 Å². The molecule has 4 rings (SSSR count). The Bertz CT molecular complexity index is 1260. The minimum atomic E-state index is -0.269. The highest BCUT2D eigenvalue weighted by molar-refractivity contribution is 5.91. The third-order valence-corrected chi connectivity index (χ3v) is 4.40. The fourth-order valence-electron chi connectivity index (χ4n) is 2.87. The van der Waals surface area contributed by atoms with E-state index in [0.29, 0.717) is 22.3 Å². The molecule has 4 aromatic rings. The van der Waals surface area contributed by atoms with Gasteiger partial charge in [-0.2, -0.15) is 0 Å². The van der Waals surface area contributed by atoms with Crippen molar-refractivity contribution < 1.29 is 9.53 Å². The number of amides is 1. The summed E-state index contributed by atoms with van der Waals surface area (Å²) in [5.41, 5.74) is 1.73. The summed E-state index contributed by atoms with van der Waals surface area (Å²) in [5.74, 6) is 0.328. The summed E-state index contributed by atoms with van der Waals surface area (Å²) < 4.78 is 6.78. The molecule has 0 saturated carbocycles. The Labute approximate surface area is 171 Å². The van der Waals surface area contributed by atoms with Gasteiger partial charge in [0.1, 0.15) is 11.3 Å². The molecule has 0 fully saturated rings. The van der Waals surface area contributed by atoms with E-state index in [1.54, 1.807) is 60.9 Å². The molecule has 2 aromatic carbocycles. The number of aromatic nitrogens is 5. The normalized spacial score (nSPS) is 10.7. The molecule has 0 aliphatic rings. The van der Waals surface area contributed by atoms with Gasteiger partial charge in [-0.1, -0.05) is 17.3 Å². The molecule has 0 unspecified atom stereocenters. The van der Waals surface area contributed by atoms with Crippen molar-refractivity contribution >= 4 is 22.5 Å². The lowest BCUT2D eigenvalue weighted by atomic mass is 10.2. The van der Waals surface area contributed by atoms with E-state index >= 15 is 0 Å². The van der Waals surface area contributed by atoms with E-state index in [1.165, 1.54) is 4.68 Å². The van der Waals surface area contributed by atoms with Gasteiger partial charge in [-0.15, -0.1) is 5.10 Å². The van der Waals surface area contributed by atoms with Gasteiger partial charge in [-0.3, -0.25) is 9.59 Å². The van der Waals surface area contributed by atoms with Crippen molar-refractivity contribution in [3.63, 3.8) is 0 Å². The zero-order chi connectivity index (χ0) is 20.9. The predicted octanol–water partition coefficient (Wildman–Crippen LogP) is 2.71. The number of carbonyl (C=O) groups is 1. The van der Waals surface area contributed by atoms with Crippen LogP contribution in [0.3, 0.4) is 0 Å². The molecular formula is C21H18N6O3. The number of benzene rings is 2. The third-order valence-electron chi connectivity index (χ3n) is 4.40. The molecule has 2 heterocycles. The maximum Gasteiger partial charge on any atom is 0.321 e.